The molecular weight excluding hydrogens is 993 g/mol. The highest BCUT2D eigenvalue weighted by atomic mass is 16.6. The lowest BCUT2D eigenvalue weighted by molar-refractivity contribution is -0.200. The zero-order chi connectivity index (χ0) is 53.0. The molecule has 26 nitrogen and oxygen atoms in total. The summed E-state index contributed by atoms with van der Waals surface area (Å²) in [4.78, 5) is 73.5. The lowest BCUT2D eigenvalue weighted by Crippen LogP contribution is -2.65. The Labute approximate surface area is 409 Å². The van der Waals surface area contributed by atoms with Crippen LogP contribution in [0.2, 0.25) is 0 Å². The molecule has 5 aromatic rings. The van der Waals surface area contributed by atoms with E-state index >= 15 is 4.79 Å². The van der Waals surface area contributed by atoms with Crippen LogP contribution < -0.4 is 9.47 Å². The number of rotatable bonds is 2. The van der Waals surface area contributed by atoms with E-state index in [1.165, 1.54) is 6.07 Å². The zero-order valence-electron chi connectivity index (χ0n) is 36.8. The van der Waals surface area contributed by atoms with E-state index in [0.29, 0.717) is 18.2 Å². The number of ketones is 1. The van der Waals surface area contributed by atoms with Gasteiger partial charge in [0.2, 0.25) is 28.6 Å². The number of hydrogen-bond acceptors (Lipinski definition) is 26. The van der Waals surface area contributed by atoms with Gasteiger partial charge < -0.3 is 105 Å². The van der Waals surface area contributed by atoms with E-state index in [9.17, 15) is 95.8 Å². The fourth-order valence-electron chi connectivity index (χ4n) is 10.7. The molecule has 74 heavy (non-hydrogen) atoms. The molecule has 9 atom stereocenters. The summed E-state index contributed by atoms with van der Waals surface area (Å²) in [7, 11) is 0. The lowest BCUT2D eigenvalue weighted by atomic mass is 9.66. The summed E-state index contributed by atoms with van der Waals surface area (Å²) in [5, 5.41) is 165. The van der Waals surface area contributed by atoms with Crippen LogP contribution >= 0.6 is 0 Å². The highest BCUT2D eigenvalue weighted by molar-refractivity contribution is 6.21. The van der Waals surface area contributed by atoms with Gasteiger partial charge in [0.05, 0.1) is 28.7 Å². The molecule has 4 bridgehead atoms. The third-order valence-electron chi connectivity index (χ3n) is 13.9. The van der Waals surface area contributed by atoms with Crippen LogP contribution in [0.4, 0.5) is 0 Å². The summed E-state index contributed by atoms with van der Waals surface area (Å²) in [6, 6.07) is 5.61. The number of aliphatic hydroxyl groups is 3. The third kappa shape index (κ3) is 6.14. The highest BCUT2D eigenvalue weighted by Crippen LogP contribution is 2.67. The van der Waals surface area contributed by atoms with E-state index < -0.39 is 222 Å². The number of phenolic OH excluding ortho intramolecular Hbond substituents is 12. The van der Waals surface area contributed by atoms with Crippen LogP contribution in [-0.4, -0.2) is 149 Å². The van der Waals surface area contributed by atoms with Crippen molar-refractivity contribution < 1.29 is 129 Å². The zero-order valence-corrected chi connectivity index (χ0v) is 36.8. The topological polar surface area (TPSA) is 444 Å². The number of cyclic esters (lactones) is 2. The molecule has 1 unspecified atom stereocenters. The first-order valence-corrected chi connectivity index (χ1v) is 21.7. The Bertz CT molecular complexity index is 3490. The standard InChI is InChI=1S/C48H34O26/c49-15-2-1-10(3-17(15)51)38-21(55)4-11-16(50)8-23-27(39(11)70-38)29-41-42(73-46(67)14-7-20(54)33(59)36(62)26(14)28-30(47(68)72-41)48(29,74-23)43(64)37(28)63)40-22(56)9-69-44(65)12-5-18(52)31(57)34(60)24(12)25-13(45(66)71-40)6-19(53)32(58)35(25)61/h1-3,5-8,21-22,29-30,38,40-42,49-63H,4,9H2/t21-,22-,29-,30-,38-,40-,41+,42+,48?/m1/s1. The van der Waals surface area contributed by atoms with Crippen molar-refractivity contribution in [3.63, 3.8) is 0 Å². The number of aromatic hydroxyl groups is 12. The second-order valence-electron chi connectivity index (χ2n) is 17.9. The van der Waals surface area contributed by atoms with Gasteiger partial charge in [-0.2, -0.15) is 0 Å². The third-order valence-corrected chi connectivity index (χ3v) is 13.9. The van der Waals surface area contributed by atoms with Crippen LogP contribution in [0.25, 0.3) is 16.7 Å². The molecule has 6 heterocycles. The molecule has 12 rings (SSSR count). The van der Waals surface area contributed by atoms with Gasteiger partial charge in [-0.1, -0.05) is 6.07 Å². The van der Waals surface area contributed by atoms with E-state index in [1.54, 1.807) is 0 Å². The molecule has 15 N–H and O–H groups in total. The van der Waals surface area contributed by atoms with Gasteiger partial charge in [0, 0.05) is 45.9 Å². The summed E-state index contributed by atoms with van der Waals surface area (Å²) >= 11 is 0. The molecule has 0 saturated carbocycles. The van der Waals surface area contributed by atoms with Crippen molar-refractivity contribution in [2.24, 2.45) is 5.92 Å². The molecule has 0 radical (unpaired) electrons. The van der Waals surface area contributed by atoms with Crippen molar-refractivity contribution in [2.45, 2.75) is 54.6 Å². The number of benzene rings is 5. The van der Waals surface area contributed by atoms with Gasteiger partial charge >= 0.3 is 23.9 Å². The fraction of sp³-hybridized carbons (Fsp3) is 0.229. The summed E-state index contributed by atoms with van der Waals surface area (Å²) in [6.45, 7) is -1.37. The molecule has 6 aliphatic heterocycles. The van der Waals surface area contributed by atoms with E-state index in [-0.39, 0.29) is 16.7 Å². The number of phenols is 12. The number of carbonyl (C=O) groups is 5. The van der Waals surface area contributed by atoms with Crippen molar-refractivity contribution in [3.05, 3.63) is 87.2 Å². The Morgan fingerprint density at radius 3 is 1.66 bits per heavy atom. The van der Waals surface area contributed by atoms with Crippen LogP contribution in [0, 0.1) is 5.92 Å². The molecule has 0 amide bonds. The lowest BCUT2D eigenvalue weighted by Gasteiger charge is -2.47. The average molecular weight is 1030 g/mol. The Kier molecular flexibility index (Phi) is 9.87. The van der Waals surface area contributed by atoms with Gasteiger partial charge in [-0.3, -0.25) is 9.59 Å². The quantitative estimate of drug-likeness (QED) is 0.0676. The maximum atomic E-state index is 15.1. The molecule has 7 aliphatic rings. The molecule has 1 fully saturated rings. The number of esters is 4. The maximum Gasteiger partial charge on any atom is 0.339 e. The Balaban J connectivity index is 1.17. The number of ether oxygens (including phenoxy) is 6. The van der Waals surface area contributed by atoms with E-state index in [2.05, 4.69) is 0 Å². The van der Waals surface area contributed by atoms with E-state index in [4.69, 9.17) is 28.4 Å². The molecular formula is C48H34O26. The molecule has 5 aromatic carbocycles. The SMILES string of the molecule is O=C1O[C@@H]([C@@H]2OC(=O)c3cc(O)c(O)c(O)c3-c3c(cc(O)c(O)c3O)C(=O)OC[C@H]2O)[C@H]2OC(=O)[C@H]3C(=C(O)C(=O)C34Oc3cc(O)c5c(c3[C@H]24)O[C@H](c2ccc(O)c(O)c2)[C@H](O)C5)c2c1cc(O)c(O)c2O. The number of aliphatic hydroxyl groups excluding tert-OH is 3. The first kappa shape index (κ1) is 46.7. The molecule has 1 aliphatic carbocycles. The largest absolute Gasteiger partial charge is 0.507 e. The van der Waals surface area contributed by atoms with Gasteiger partial charge in [0.1, 0.15) is 42.0 Å². The van der Waals surface area contributed by atoms with Gasteiger partial charge in [-0.25, -0.2) is 14.4 Å². The second-order valence-corrected chi connectivity index (χ2v) is 17.9. The van der Waals surface area contributed by atoms with Crippen LogP contribution in [0.1, 0.15) is 65.3 Å². The molecule has 26 heteroatoms. The predicted molar refractivity (Wildman–Crippen MR) is 233 cm³/mol. The van der Waals surface area contributed by atoms with Crippen molar-refractivity contribution in [3.8, 4) is 91.6 Å². The number of Topliss-reactive ketones (excluding diaryl/α,β-unsaturated/α-hetero) is 1. The first-order valence-electron chi connectivity index (χ1n) is 21.7. The molecule has 382 valence electrons. The van der Waals surface area contributed by atoms with Crippen molar-refractivity contribution in [1.82, 2.24) is 0 Å². The molecule has 0 aromatic heterocycles. The van der Waals surface area contributed by atoms with Crippen LogP contribution in [0.5, 0.6) is 80.5 Å². The van der Waals surface area contributed by atoms with E-state index in [0.717, 1.165) is 18.2 Å². The van der Waals surface area contributed by atoms with Gasteiger partial charge in [-0.15, -0.1) is 0 Å². The predicted octanol–water partition coefficient (Wildman–Crippen LogP) is 1.46. The van der Waals surface area contributed by atoms with Crippen molar-refractivity contribution >= 4 is 35.2 Å². The Morgan fingerprint density at radius 2 is 1.07 bits per heavy atom. The van der Waals surface area contributed by atoms with Crippen LogP contribution in [-0.2, 0) is 35.0 Å². The minimum Gasteiger partial charge on any atom is -0.507 e. The summed E-state index contributed by atoms with van der Waals surface area (Å²) in [6.07, 6.45) is -13.8. The summed E-state index contributed by atoms with van der Waals surface area (Å²) in [5.41, 5.74) is -10.8. The van der Waals surface area contributed by atoms with Crippen LogP contribution in [0.15, 0.2) is 48.2 Å². The minimum absolute atomic E-state index is 0.0112. The molecule has 1 saturated heterocycles. The molecule has 1 spiro atoms. The highest BCUT2D eigenvalue weighted by Gasteiger charge is 2.76. The maximum absolute atomic E-state index is 15.1. The average Bonchev–Trinajstić information content (AvgIpc) is 3.90. The van der Waals surface area contributed by atoms with Gasteiger partial charge in [0.25, 0.3) is 0 Å². The fourth-order valence-corrected chi connectivity index (χ4v) is 10.7. The normalized spacial score (nSPS) is 26.5. The van der Waals surface area contributed by atoms with Gasteiger partial charge in [0.15, 0.2) is 70.1 Å². The van der Waals surface area contributed by atoms with E-state index in [1.807, 2.05) is 0 Å². The minimum atomic E-state index is -2.94. The summed E-state index contributed by atoms with van der Waals surface area (Å²) in [5.74, 6) is -29.2. The monoisotopic (exact) mass is 1030 g/mol. The first-order chi connectivity index (χ1) is 35.0. The smallest absolute Gasteiger partial charge is 0.339 e. The number of fused-ring (bicyclic) bond motifs is 9. The van der Waals surface area contributed by atoms with Crippen molar-refractivity contribution in [2.75, 3.05) is 6.61 Å². The van der Waals surface area contributed by atoms with Crippen LogP contribution in [0.3, 0.4) is 0 Å². The number of hydrogen-bond donors (Lipinski definition) is 15. The van der Waals surface area contributed by atoms with Gasteiger partial charge in [-0.05, 0) is 35.9 Å². The van der Waals surface area contributed by atoms with Crippen molar-refractivity contribution in [1.29, 1.82) is 0 Å². The number of carbonyl (C=O) groups excluding carboxylic acids is 5. The Morgan fingerprint density at radius 1 is 0.514 bits per heavy atom. The Hall–Kier alpha value is -9.69. The second kappa shape index (κ2) is 15.7. The summed E-state index contributed by atoms with van der Waals surface area (Å²) < 4.78 is 35.8.